The van der Waals surface area contributed by atoms with E-state index < -0.39 is 18.1 Å². The minimum Gasteiger partial charge on any atom is -0.467 e. The Balaban J connectivity index is 1.85. The summed E-state index contributed by atoms with van der Waals surface area (Å²) in [4.78, 5) is 25.6. The number of fused-ring (bicyclic) bond motifs is 1. The molecule has 1 amide bonds. The van der Waals surface area contributed by atoms with Gasteiger partial charge >= 0.3 is 5.97 Å². The molecule has 0 radical (unpaired) electrons. The molecule has 3 rings (SSSR count). The number of rotatable bonds is 2. The largest absolute Gasteiger partial charge is 0.467 e. The summed E-state index contributed by atoms with van der Waals surface area (Å²) in [5.41, 5.74) is 0.377. The van der Waals surface area contributed by atoms with Crippen molar-refractivity contribution in [2.75, 3.05) is 20.4 Å². The van der Waals surface area contributed by atoms with Crippen molar-refractivity contribution < 1.29 is 28.9 Å². The minimum absolute atomic E-state index is 0.104. The Morgan fingerprint density at radius 1 is 1.33 bits per heavy atom. The maximum atomic E-state index is 12.5. The number of aliphatic hydroxyl groups excluding tert-OH is 1. The number of carbonyl (C=O) groups excluding carboxylic acids is 2. The predicted molar refractivity (Wildman–Crippen MR) is 70.0 cm³/mol. The van der Waals surface area contributed by atoms with E-state index in [2.05, 4.69) is 4.74 Å². The highest BCUT2D eigenvalue weighted by molar-refractivity contribution is 5.97. The molecule has 0 saturated carbocycles. The lowest BCUT2D eigenvalue weighted by molar-refractivity contribution is -0.145. The van der Waals surface area contributed by atoms with Crippen molar-refractivity contribution in [3.05, 3.63) is 23.8 Å². The molecule has 2 atom stereocenters. The van der Waals surface area contributed by atoms with Crippen LogP contribution in [0.5, 0.6) is 11.5 Å². The number of likely N-dealkylation sites (tertiary alicyclic amines) is 1. The van der Waals surface area contributed by atoms with Gasteiger partial charge < -0.3 is 24.2 Å². The molecule has 1 saturated heterocycles. The van der Waals surface area contributed by atoms with Crippen molar-refractivity contribution >= 4 is 11.9 Å². The van der Waals surface area contributed by atoms with Crippen LogP contribution in [0.2, 0.25) is 0 Å². The van der Waals surface area contributed by atoms with Crippen LogP contribution >= 0.6 is 0 Å². The molecule has 1 aromatic rings. The molecule has 2 heterocycles. The standard InChI is InChI=1S/C14H15NO6/c1-19-14(18)10-5-9(16)6-15(10)13(17)8-2-3-11-12(4-8)21-7-20-11/h2-4,9-10,16H,5-7H2,1H3. The van der Waals surface area contributed by atoms with Crippen molar-refractivity contribution in [1.29, 1.82) is 0 Å². The molecule has 21 heavy (non-hydrogen) atoms. The molecule has 7 heteroatoms. The Morgan fingerprint density at radius 2 is 2.10 bits per heavy atom. The summed E-state index contributed by atoms with van der Waals surface area (Å²) in [6.45, 7) is 0.229. The van der Waals surface area contributed by atoms with Crippen LogP contribution in [0.25, 0.3) is 0 Å². The van der Waals surface area contributed by atoms with Gasteiger partial charge in [-0.1, -0.05) is 0 Å². The number of hydrogen-bond donors (Lipinski definition) is 1. The summed E-state index contributed by atoms with van der Waals surface area (Å²) >= 11 is 0. The van der Waals surface area contributed by atoms with Crippen molar-refractivity contribution in [1.82, 2.24) is 4.90 Å². The van der Waals surface area contributed by atoms with Gasteiger partial charge in [-0.3, -0.25) is 4.79 Å². The van der Waals surface area contributed by atoms with Gasteiger partial charge in [-0.25, -0.2) is 4.79 Å². The van der Waals surface area contributed by atoms with Crippen LogP contribution in [-0.4, -0.2) is 54.5 Å². The summed E-state index contributed by atoms with van der Waals surface area (Å²) in [5, 5.41) is 9.72. The molecule has 0 aliphatic carbocycles. The highest BCUT2D eigenvalue weighted by atomic mass is 16.7. The Bertz CT molecular complexity index is 587. The molecule has 7 nitrogen and oxygen atoms in total. The van der Waals surface area contributed by atoms with Crippen LogP contribution in [0, 0.1) is 0 Å². The fourth-order valence-corrected chi connectivity index (χ4v) is 2.59. The van der Waals surface area contributed by atoms with E-state index in [-0.39, 0.29) is 25.7 Å². The fourth-order valence-electron chi connectivity index (χ4n) is 2.59. The van der Waals surface area contributed by atoms with Crippen molar-refractivity contribution in [2.45, 2.75) is 18.6 Å². The topological polar surface area (TPSA) is 85.3 Å². The van der Waals surface area contributed by atoms with E-state index in [0.29, 0.717) is 17.1 Å². The number of amides is 1. The van der Waals surface area contributed by atoms with E-state index in [0.717, 1.165) is 0 Å². The first-order chi connectivity index (χ1) is 10.1. The molecule has 2 aliphatic heterocycles. The first-order valence-electron chi connectivity index (χ1n) is 6.56. The summed E-state index contributed by atoms with van der Waals surface area (Å²) in [6.07, 6.45) is -0.546. The molecule has 1 N–H and O–H groups in total. The highest BCUT2D eigenvalue weighted by Gasteiger charge is 2.40. The SMILES string of the molecule is COC(=O)C1CC(O)CN1C(=O)c1ccc2c(c1)OCO2. The zero-order valence-electron chi connectivity index (χ0n) is 11.4. The number of nitrogens with zero attached hydrogens (tertiary/aromatic N) is 1. The Labute approximate surface area is 121 Å². The van der Waals surface area contributed by atoms with E-state index in [1.807, 2.05) is 0 Å². The summed E-state index contributed by atoms with van der Waals surface area (Å²) in [6, 6.07) is 4.07. The van der Waals surface area contributed by atoms with Crippen molar-refractivity contribution in [2.24, 2.45) is 0 Å². The molecular formula is C14H15NO6. The monoisotopic (exact) mass is 293 g/mol. The number of β-amino-alcohol motifs (C(OH)–C–C–N with tert-alkyl or cyclic N) is 1. The number of methoxy groups -OCH3 is 1. The summed E-state index contributed by atoms with van der Waals surface area (Å²) in [7, 11) is 1.26. The number of benzene rings is 1. The molecule has 112 valence electrons. The average molecular weight is 293 g/mol. The third-order valence-corrected chi connectivity index (χ3v) is 3.63. The van der Waals surface area contributed by atoms with Gasteiger partial charge in [0.2, 0.25) is 6.79 Å². The van der Waals surface area contributed by atoms with Crippen LogP contribution in [-0.2, 0) is 9.53 Å². The normalized spacial score (nSPS) is 23.2. The van der Waals surface area contributed by atoms with Crippen LogP contribution in [0.15, 0.2) is 18.2 Å². The molecular weight excluding hydrogens is 278 g/mol. The van der Waals surface area contributed by atoms with Gasteiger partial charge in [0.25, 0.3) is 5.91 Å². The van der Waals surface area contributed by atoms with E-state index in [1.54, 1.807) is 18.2 Å². The third kappa shape index (κ3) is 2.40. The zero-order valence-corrected chi connectivity index (χ0v) is 11.4. The summed E-state index contributed by atoms with van der Waals surface area (Å²) in [5.74, 6) is 0.202. The van der Waals surface area contributed by atoms with Gasteiger partial charge in [0.1, 0.15) is 6.04 Å². The number of carbonyl (C=O) groups is 2. The molecule has 0 spiro atoms. The number of esters is 1. The van der Waals surface area contributed by atoms with Crippen LogP contribution in [0.4, 0.5) is 0 Å². The first-order valence-corrected chi connectivity index (χ1v) is 6.56. The van der Waals surface area contributed by atoms with Crippen molar-refractivity contribution in [3.63, 3.8) is 0 Å². The quantitative estimate of drug-likeness (QED) is 0.782. The number of hydrogen-bond acceptors (Lipinski definition) is 6. The lowest BCUT2D eigenvalue weighted by atomic mass is 10.1. The molecule has 0 aromatic heterocycles. The highest BCUT2D eigenvalue weighted by Crippen LogP contribution is 2.33. The van der Waals surface area contributed by atoms with E-state index in [9.17, 15) is 14.7 Å². The maximum Gasteiger partial charge on any atom is 0.328 e. The lowest BCUT2D eigenvalue weighted by Gasteiger charge is -2.22. The second-order valence-electron chi connectivity index (χ2n) is 4.95. The second kappa shape index (κ2) is 5.25. The van der Waals surface area contributed by atoms with Gasteiger partial charge in [0.15, 0.2) is 11.5 Å². The maximum absolute atomic E-state index is 12.5. The smallest absolute Gasteiger partial charge is 0.328 e. The summed E-state index contributed by atoms with van der Waals surface area (Å²) < 4.78 is 15.1. The van der Waals surface area contributed by atoms with Crippen LogP contribution in [0.1, 0.15) is 16.8 Å². The molecule has 0 bridgehead atoms. The molecule has 1 aromatic carbocycles. The molecule has 2 unspecified atom stereocenters. The Kier molecular flexibility index (Phi) is 3.42. The number of aliphatic hydroxyl groups is 1. The van der Waals surface area contributed by atoms with Gasteiger partial charge in [-0.2, -0.15) is 0 Å². The van der Waals surface area contributed by atoms with Crippen molar-refractivity contribution in [3.8, 4) is 11.5 Å². The first kappa shape index (κ1) is 13.7. The van der Waals surface area contributed by atoms with Gasteiger partial charge in [0.05, 0.1) is 13.2 Å². The Hall–Kier alpha value is -2.28. The van der Waals surface area contributed by atoms with Gasteiger partial charge in [-0.05, 0) is 18.2 Å². The lowest BCUT2D eigenvalue weighted by Crippen LogP contribution is -2.41. The second-order valence-corrected chi connectivity index (χ2v) is 4.95. The molecule has 2 aliphatic rings. The fraction of sp³-hybridized carbons (Fsp3) is 0.429. The zero-order chi connectivity index (χ0) is 15.0. The Morgan fingerprint density at radius 3 is 2.86 bits per heavy atom. The molecule has 1 fully saturated rings. The van der Waals surface area contributed by atoms with Crippen LogP contribution in [0.3, 0.4) is 0 Å². The predicted octanol–water partition coefficient (Wildman–Crippen LogP) is 0.164. The van der Waals surface area contributed by atoms with Gasteiger partial charge in [0, 0.05) is 18.5 Å². The van der Waals surface area contributed by atoms with E-state index in [1.165, 1.54) is 12.0 Å². The van der Waals surface area contributed by atoms with Crippen LogP contribution < -0.4 is 9.47 Å². The average Bonchev–Trinajstić information content (AvgIpc) is 3.10. The van der Waals surface area contributed by atoms with E-state index in [4.69, 9.17) is 9.47 Å². The van der Waals surface area contributed by atoms with E-state index >= 15 is 0 Å². The minimum atomic E-state index is -0.761. The number of ether oxygens (including phenoxy) is 3. The van der Waals surface area contributed by atoms with Gasteiger partial charge in [-0.15, -0.1) is 0 Å². The third-order valence-electron chi connectivity index (χ3n) is 3.63.